The number of carbonyl (C=O) groups excluding carboxylic acids is 1. The van der Waals surface area contributed by atoms with Crippen LogP contribution in [0.5, 0.6) is 0 Å². The predicted molar refractivity (Wildman–Crippen MR) is 74.0 cm³/mol. The van der Waals surface area contributed by atoms with Gasteiger partial charge in [0.05, 0.1) is 5.60 Å². The molecule has 0 radical (unpaired) electrons. The van der Waals surface area contributed by atoms with Crippen molar-refractivity contribution in [2.45, 2.75) is 50.2 Å². The minimum atomic E-state index is 0.104. The van der Waals surface area contributed by atoms with Crippen molar-refractivity contribution in [3.05, 3.63) is 0 Å². The van der Waals surface area contributed by atoms with Crippen molar-refractivity contribution in [3.8, 4) is 0 Å². The Balaban J connectivity index is 1.51. The predicted octanol–water partition coefficient (Wildman–Crippen LogP) is 2.00. The van der Waals surface area contributed by atoms with Gasteiger partial charge < -0.3 is 10.1 Å². The third kappa shape index (κ3) is 2.75. The third-order valence-corrected chi connectivity index (χ3v) is 5.79. The monoisotopic (exact) mass is 269 g/mol. The van der Waals surface area contributed by atoms with Gasteiger partial charge in [0, 0.05) is 43.0 Å². The highest BCUT2D eigenvalue weighted by molar-refractivity contribution is 7.99. The fourth-order valence-corrected chi connectivity index (χ4v) is 4.33. The summed E-state index contributed by atoms with van der Waals surface area (Å²) in [5.74, 6) is 3.03. The Hall–Kier alpha value is -0.0600. The molecule has 1 spiro atoms. The van der Waals surface area contributed by atoms with Crippen LogP contribution in [-0.4, -0.2) is 42.1 Å². The molecule has 1 saturated carbocycles. The maximum atomic E-state index is 12.4. The number of hydrogen-bond acceptors (Lipinski definition) is 4. The van der Waals surface area contributed by atoms with E-state index < -0.39 is 0 Å². The lowest BCUT2D eigenvalue weighted by Crippen LogP contribution is -2.48. The Morgan fingerprint density at radius 2 is 2.33 bits per heavy atom. The van der Waals surface area contributed by atoms with Crippen LogP contribution in [0.25, 0.3) is 0 Å². The Bertz CT molecular complexity index is 311. The second kappa shape index (κ2) is 5.51. The van der Waals surface area contributed by atoms with Crippen molar-refractivity contribution < 1.29 is 9.53 Å². The Morgan fingerprint density at radius 1 is 1.44 bits per heavy atom. The first-order valence-electron chi connectivity index (χ1n) is 7.25. The number of thioether (sulfide) groups is 1. The summed E-state index contributed by atoms with van der Waals surface area (Å²) in [7, 11) is 0. The average molecular weight is 269 g/mol. The summed E-state index contributed by atoms with van der Waals surface area (Å²) in [6.45, 7) is 1.85. The topological polar surface area (TPSA) is 38.3 Å². The molecule has 2 atom stereocenters. The maximum absolute atomic E-state index is 12.4. The zero-order valence-electron chi connectivity index (χ0n) is 11.0. The van der Waals surface area contributed by atoms with Gasteiger partial charge in [-0.1, -0.05) is 0 Å². The Morgan fingerprint density at radius 3 is 3.00 bits per heavy atom. The molecule has 2 saturated heterocycles. The molecule has 0 amide bonds. The van der Waals surface area contributed by atoms with Crippen LogP contribution in [0.2, 0.25) is 0 Å². The molecule has 2 heterocycles. The van der Waals surface area contributed by atoms with E-state index in [0.29, 0.717) is 11.8 Å². The summed E-state index contributed by atoms with van der Waals surface area (Å²) >= 11 is 1.97. The van der Waals surface area contributed by atoms with E-state index >= 15 is 0 Å². The molecule has 102 valence electrons. The van der Waals surface area contributed by atoms with E-state index in [1.807, 2.05) is 11.8 Å². The largest absolute Gasteiger partial charge is 0.375 e. The van der Waals surface area contributed by atoms with Crippen molar-refractivity contribution in [1.82, 2.24) is 5.32 Å². The molecule has 0 aromatic rings. The molecule has 3 aliphatic rings. The second-order valence-electron chi connectivity index (χ2n) is 5.97. The molecular weight excluding hydrogens is 246 g/mol. The summed E-state index contributed by atoms with van der Waals surface area (Å²) in [6, 6.07) is 0.413. The standard InChI is InChI=1S/C14H23NO2S/c16-13(8-12-10-18-7-5-15-12)11-2-6-17-14(9-11)3-1-4-14/h11-12,15H,1-10H2. The zero-order chi connectivity index (χ0) is 12.4. The van der Waals surface area contributed by atoms with Crippen molar-refractivity contribution in [1.29, 1.82) is 0 Å². The van der Waals surface area contributed by atoms with Crippen molar-refractivity contribution in [2.24, 2.45) is 5.92 Å². The lowest BCUT2D eigenvalue weighted by Gasteiger charge is -2.47. The van der Waals surface area contributed by atoms with E-state index in [1.165, 1.54) is 25.0 Å². The van der Waals surface area contributed by atoms with Crippen LogP contribution in [0.1, 0.15) is 38.5 Å². The van der Waals surface area contributed by atoms with Gasteiger partial charge in [-0.2, -0.15) is 11.8 Å². The molecule has 0 aromatic heterocycles. The number of nitrogens with one attached hydrogen (secondary N) is 1. The van der Waals surface area contributed by atoms with E-state index in [0.717, 1.165) is 38.2 Å². The van der Waals surface area contributed by atoms with Gasteiger partial charge in [0.25, 0.3) is 0 Å². The number of carbonyl (C=O) groups is 1. The lowest BCUT2D eigenvalue weighted by molar-refractivity contribution is -0.155. The molecule has 18 heavy (non-hydrogen) atoms. The smallest absolute Gasteiger partial charge is 0.137 e. The molecule has 2 unspecified atom stereocenters. The molecule has 2 aliphatic heterocycles. The van der Waals surface area contributed by atoms with E-state index in [9.17, 15) is 4.79 Å². The van der Waals surface area contributed by atoms with Crippen LogP contribution < -0.4 is 5.32 Å². The van der Waals surface area contributed by atoms with Gasteiger partial charge in [-0.3, -0.25) is 4.79 Å². The van der Waals surface area contributed by atoms with Gasteiger partial charge in [-0.05, 0) is 32.1 Å². The van der Waals surface area contributed by atoms with Crippen LogP contribution in [0.15, 0.2) is 0 Å². The molecule has 0 bridgehead atoms. The average Bonchev–Trinajstić information content (AvgIpc) is 2.38. The fraction of sp³-hybridized carbons (Fsp3) is 0.929. The van der Waals surface area contributed by atoms with Gasteiger partial charge in [0.1, 0.15) is 5.78 Å². The number of rotatable bonds is 3. The summed E-state index contributed by atoms with van der Waals surface area (Å²) in [6.07, 6.45) is 6.30. The Kier molecular flexibility index (Phi) is 3.97. The normalized spacial score (nSPS) is 35.1. The Labute approximate surface area is 113 Å². The minimum absolute atomic E-state index is 0.104. The number of ketones is 1. The highest BCUT2D eigenvalue weighted by atomic mass is 32.2. The minimum Gasteiger partial charge on any atom is -0.375 e. The molecule has 1 aliphatic carbocycles. The van der Waals surface area contributed by atoms with Gasteiger partial charge in [-0.15, -0.1) is 0 Å². The molecule has 3 nitrogen and oxygen atoms in total. The van der Waals surface area contributed by atoms with E-state index in [4.69, 9.17) is 4.74 Å². The van der Waals surface area contributed by atoms with Crippen LogP contribution in [-0.2, 0) is 9.53 Å². The first kappa shape index (κ1) is 12.9. The molecule has 3 fully saturated rings. The quantitative estimate of drug-likeness (QED) is 0.850. The van der Waals surface area contributed by atoms with Crippen LogP contribution in [0.4, 0.5) is 0 Å². The maximum Gasteiger partial charge on any atom is 0.137 e. The lowest BCUT2D eigenvalue weighted by atomic mass is 9.71. The first-order valence-corrected chi connectivity index (χ1v) is 8.41. The number of Topliss-reactive ketones (excluding diaryl/α,β-unsaturated/α-hetero) is 1. The van der Waals surface area contributed by atoms with Crippen LogP contribution in [0, 0.1) is 5.92 Å². The van der Waals surface area contributed by atoms with E-state index in [1.54, 1.807) is 0 Å². The summed E-state index contributed by atoms with van der Waals surface area (Å²) in [5.41, 5.74) is 0.104. The number of ether oxygens (including phenoxy) is 1. The van der Waals surface area contributed by atoms with E-state index in [2.05, 4.69) is 5.32 Å². The molecule has 3 rings (SSSR count). The number of hydrogen-bond donors (Lipinski definition) is 1. The van der Waals surface area contributed by atoms with Crippen molar-refractivity contribution in [3.63, 3.8) is 0 Å². The highest BCUT2D eigenvalue weighted by Crippen LogP contribution is 2.44. The SMILES string of the molecule is O=C(CC1CSCCN1)C1CCOC2(CCC2)C1. The summed E-state index contributed by atoms with van der Waals surface area (Å²) in [5, 5.41) is 3.46. The van der Waals surface area contributed by atoms with Gasteiger partial charge in [-0.25, -0.2) is 0 Å². The molecular formula is C14H23NO2S. The highest BCUT2D eigenvalue weighted by Gasteiger charge is 2.44. The van der Waals surface area contributed by atoms with Crippen molar-refractivity contribution >= 4 is 17.5 Å². The second-order valence-corrected chi connectivity index (χ2v) is 7.12. The van der Waals surface area contributed by atoms with Gasteiger partial charge in [0.2, 0.25) is 0 Å². The van der Waals surface area contributed by atoms with Crippen molar-refractivity contribution in [2.75, 3.05) is 24.7 Å². The zero-order valence-corrected chi connectivity index (χ0v) is 11.8. The molecule has 0 aromatic carbocycles. The first-order chi connectivity index (χ1) is 8.77. The summed E-state index contributed by atoms with van der Waals surface area (Å²) in [4.78, 5) is 12.4. The van der Waals surface area contributed by atoms with Crippen LogP contribution >= 0.6 is 11.8 Å². The third-order valence-electron chi connectivity index (χ3n) is 4.66. The fourth-order valence-electron chi connectivity index (χ4n) is 3.38. The van der Waals surface area contributed by atoms with Gasteiger partial charge >= 0.3 is 0 Å². The van der Waals surface area contributed by atoms with Gasteiger partial charge in [0.15, 0.2) is 0 Å². The van der Waals surface area contributed by atoms with Crippen LogP contribution in [0.3, 0.4) is 0 Å². The molecule has 1 N–H and O–H groups in total. The van der Waals surface area contributed by atoms with E-state index in [-0.39, 0.29) is 11.5 Å². The molecule has 4 heteroatoms. The summed E-state index contributed by atoms with van der Waals surface area (Å²) < 4.78 is 5.90.